The summed E-state index contributed by atoms with van der Waals surface area (Å²) in [5.41, 5.74) is 1.72. The molecule has 0 spiro atoms. The molecule has 0 atom stereocenters. The number of methoxy groups -OCH3 is 2. The van der Waals surface area contributed by atoms with Crippen molar-refractivity contribution in [3.05, 3.63) is 28.0 Å². The molecule has 0 aliphatic rings. The van der Waals surface area contributed by atoms with Crippen LogP contribution in [0, 0.1) is 4.77 Å². The van der Waals surface area contributed by atoms with E-state index in [9.17, 15) is 9.59 Å². The Balaban J connectivity index is 2.41. The van der Waals surface area contributed by atoms with Crippen molar-refractivity contribution in [2.24, 2.45) is 7.05 Å². The lowest BCUT2D eigenvalue weighted by Crippen LogP contribution is -2.37. The van der Waals surface area contributed by atoms with Gasteiger partial charge >= 0.3 is 11.9 Å². The summed E-state index contributed by atoms with van der Waals surface area (Å²) in [4.78, 5) is 24.8. The van der Waals surface area contributed by atoms with Gasteiger partial charge in [0.15, 0.2) is 4.77 Å². The van der Waals surface area contributed by atoms with Gasteiger partial charge in [0.2, 0.25) is 0 Å². The van der Waals surface area contributed by atoms with E-state index >= 15 is 0 Å². The number of benzene rings is 1. The Kier molecular flexibility index (Phi) is 5.98. The average Bonchev–Trinajstić information content (AvgIpc) is 2.78. The van der Waals surface area contributed by atoms with Gasteiger partial charge in [-0.15, -0.1) is 0 Å². The Morgan fingerprint density at radius 3 is 2.29 bits per heavy atom. The number of rotatable bonds is 6. The molecule has 1 aromatic heterocycles. The summed E-state index contributed by atoms with van der Waals surface area (Å²) in [5.74, 6) is -0.910. The number of fused-ring (bicyclic) bond motifs is 1. The van der Waals surface area contributed by atoms with Gasteiger partial charge in [-0.1, -0.05) is 11.6 Å². The van der Waals surface area contributed by atoms with Crippen molar-refractivity contribution in [2.45, 2.75) is 6.67 Å². The lowest BCUT2D eigenvalue weighted by Gasteiger charge is -2.20. The summed E-state index contributed by atoms with van der Waals surface area (Å²) in [7, 11) is 4.43. The smallest absolute Gasteiger partial charge is 0.319 e. The van der Waals surface area contributed by atoms with Crippen LogP contribution < -0.4 is 0 Å². The van der Waals surface area contributed by atoms with Gasteiger partial charge in [0.05, 0.1) is 45.0 Å². The summed E-state index contributed by atoms with van der Waals surface area (Å²) in [5, 5.41) is 0.573. The van der Waals surface area contributed by atoms with Crippen LogP contribution in [0.5, 0.6) is 0 Å². The van der Waals surface area contributed by atoms with Crippen LogP contribution in [0.1, 0.15) is 0 Å². The lowest BCUT2D eigenvalue weighted by molar-refractivity contribution is -0.146. The van der Waals surface area contributed by atoms with Crippen LogP contribution in [0.15, 0.2) is 18.2 Å². The average molecular weight is 372 g/mol. The number of carbonyl (C=O) groups is 2. The van der Waals surface area contributed by atoms with Crippen molar-refractivity contribution in [1.82, 2.24) is 14.0 Å². The Bertz CT molecular complexity index is 812. The van der Waals surface area contributed by atoms with Gasteiger partial charge in [-0.2, -0.15) is 0 Å². The fraction of sp³-hybridized carbons (Fsp3) is 0.400. The van der Waals surface area contributed by atoms with Crippen LogP contribution in [0.25, 0.3) is 11.0 Å². The van der Waals surface area contributed by atoms with Crippen LogP contribution in [-0.4, -0.2) is 53.3 Å². The monoisotopic (exact) mass is 371 g/mol. The molecule has 0 amide bonds. The standard InChI is InChI=1S/C15H18ClN3O4S/c1-17-11-5-4-10(16)6-12(11)19(15(17)24)9-18(7-13(20)22-2)8-14(21)23-3/h4-6H,7-9H2,1-3H3. The first-order valence-corrected chi connectivity index (χ1v) is 7.86. The third-order valence-corrected chi connectivity index (χ3v) is 4.34. The first kappa shape index (κ1) is 18.4. The number of nitrogens with zero attached hydrogens (tertiary/aromatic N) is 3. The summed E-state index contributed by atoms with van der Waals surface area (Å²) < 4.78 is 13.6. The van der Waals surface area contributed by atoms with Gasteiger partial charge in [-0.3, -0.25) is 14.5 Å². The van der Waals surface area contributed by atoms with Crippen molar-refractivity contribution >= 4 is 46.8 Å². The SMILES string of the molecule is COC(=O)CN(CC(=O)OC)Cn1c(=S)n(C)c2ccc(Cl)cc21. The first-order chi connectivity index (χ1) is 11.4. The molecule has 130 valence electrons. The molecule has 1 aromatic carbocycles. The van der Waals surface area contributed by atoms with Crippen LogP contribution in [0.3, 0.4) is 0 Å². The number of halogens is 1. The van der Waals surface area contributed by atoms with Crippen molar-refractivity contribution in [3.63, 3.8) is 0 Å². The normalized spacial score (nSPS) is 11.0. The number of hydrogen-bond acceptors (Lipinski definition) is 6. The first-order valence-electron chi connectivity index (χ1n) is 7.08. The maximum Gasteiger partial charge on any atom is 0.319 e. The minimum atomic E-state index is -0.455. The van der Waals surface area contributed by atoms with Crippen LogP contribution in [-0.2, 0) is 32.8 Å². The number of carbonyl (C=O) groups excluding carboxylic acids is 2. The minimum absolute atomic E-state index is 0.0652. The van der Waals surface area contributed by atoms with Gasteiger partial charge in [-0.05, 0) is 30.4 Å². The molecule has 0 saturated heterocycles. The van der Waals surface area contributed by atoms with Crippen LogP contribution >= 0.6 is 23.8 Å². The Labute approximate surface area is 149 Å². The second kappa shape index (κ2) is 7.78. The summed E-state index contributed by atoms with van der Waals surface area (Å²) in [6.07, 6.45) is 0. The number of aromatic nitrogens is 2. The summed E-state index contributed by atoms with van der Waals surface area (Å²) >= 11 is 11.5. The van der Waals surface area contributed by atoms with E-state index in [2.05, 4.69) is 9.47 Å². The molecule has 7 nitrogen and oxygen atoms in total. The third kappa shape index (κ3) is 3.95. The molecular formula is C15H18ClN3O4S. The zero-order chi connectivity index (χ0) is 17.9. The lowest BCUT2D eigenvalue weighted by atomic mass is 10.3. The van der Waals surface area contributed by atoms with E-state index in [1.54, 1.807) is 17.0 Å². The van der Waals surface area contributed by atoms with Gasteiger partial charge in [0, 0.05) is 12.1 Å². The molecule has 2 rings (SSSR count). The molecule has 0 aliphatic carbocycles. The van der Waals surface area contributed by atoms with Crippen molar-refractivity contribution in [1.29, 1.82) is 0 Å². The number of ether oxygens (including phenoxy) is 2. The van der Waals surface area contributed by atoms with Gasteiger partial charge < -0.3 is 18.6 Å². The molecule has 9 heteroatoms. The van der Waals surface area contributed by atoms with E-state index in [-0.39, 0.29) is 19.8 Å². The van der Waals surface area contributed by atoms with E-state index in [4.69, 9.17) is 23.8 Å². The molecule has 1 heterocycles. The topological polar surface area (TPSA) is 65.7 Å². The molecule has 0 N–H and O–H groups in total. The Morgan fingerprint density at radius 1 is 1.17 bits per heavy atom. The fourth-order valence-corrected chi connectivity index (χ4v) is 2.79. The zero-order valence-electron chi connectivity index (χ0n) is 13.6. The number of aryl methyl sites for hydroxylation is 1. The number of esters is 2. The van der Waals surface area contributed by atoms with Crippen molar-refractivity contribution in [2.75, 3.05) is 27.3 Å². The molecule has 0 saturated carbocycles. The van der Waals surface area contributed by atoms with E-state index in [0.717, 1.165) is 11.0 Å². The molecular weight excluding hydrogens is 354 g/mol. The second-order valence-corrected chi connectivity index (χ2v) is 5.98. The highest BCUT2D eigenvalue weighted by molar-refractivity contribution is 7.71. The maximum atomic E-state index is 11.6. The van der Waals surface area contributed by atoms with Crippen LogP contribution in [0.2, 0.25) is 5.02 Å². The summed E-state index contributed by atoms with van der Waals surface area (Å²) in [6.45, 7) is 0.0926. The van der Waals surface area contributed by atoms with E-state index in [1.807, 2.05) is 22.2 Å². The Hall–Kier alpha value is -1.90. The highest BCUT2D eigenvalue weighted by Gasteiger charge is 2.18. The van der Waals surface area contributed by atoms with Crippen LogP contribution in [0.4, 0.5) is 0 Å². The van der Waals surface area contributed by atoms with E-state index in [0.29, 0.717) is 9.79 Å². The predicted octanol–water partition coefficient (Wildman–Crippen LogP) is 1.97. The second-order valence-electron chi connectivity index (χ2n) is 5.18. The zero-order valence-corrected chi connectivity index (χ0v) is 15.2. The van der Waals surface area contributed by atoms with E-state index in [1.165, 1.54) is 14.2 Å². The molecule has 0 radical (unpaired) electrons. The number of hydrogen-bond donors (Lipinski definition) is 0. The van der Waals surface area contributed by atoms with Gasteiger partial charge in [-0.25, -0.2) is 0 Å². The van der Waals surface area contributed by atoms with Gasteiger partial charge in [0.1, 0.15) is 0 Å². The molecule has 0 fully saturated rings. The minimum Gasteiger partial charge on any atom is -0.468 e. The molecule has 0 unspecified atom stereocenters. The highest BCUT2D eigenvalue weighted by Crippen LogP contribution is 2.21. The molecule has 24 heavy (non-hydrogen) atoms. The summed E-state index contributed by atoms with van der Waals surface area (Å²) in [6, 6.07) is 5.44. The quantitative estimate of drug-likeness (QED) is 0.571. The highest BCUT2D eigenvalue weighted by atomic mass is 35.5. The molecule has 2 aromatic rings. The van der Waals surface area contributed by atoms with Gasteiger partial charge in [0.25, 0.3) is 0 Å². The predicted molar refractivity (Wildman–Crippen MR) is 92.4 cm³/mol. The largest absolute Gasteiger partial charge is 0.468 e. The fourth-order valence-electron chi connectivity index (χ4n) is 2.37. The van der Waals surface area contributed by atoms with Crippen molar-refractivity contribution in [3.8, 4) is 0 Å². The van der Waals surface area contributed by atoms with E-state index < -0.39 is 11.9 Å². The van der Waals surface area contributed by atoms with Crippen molar-refractivity contribution < 1.29 is 19.1 Å². The molecule has 0 bridgehead atoms. The number of imidazole rings is 1. The third-order valence-electron chi connectivity index (χ3n) is 3.61. The Morgan fingerprint density at radius 2 is 1.75 bits per heavy atom. The molecule has 0 aliphatic heterocycles. The maximum absolute atomic E-state index is 11.6.